The maximum absolute atomic E-state index is 6.79. The van der Waals surface area contributed by atoms with Crippen molar-refractivity contribution in [1.82, 2.24) is 0 Å². The fourth-order valence-corrected chi connectivity index (χ4v) is 10.8. The van der Waals surface area contributed by atoms with E-state index in [0.717, 1.165) is 11.5 Å². The van der Waals surface area contributed by atoms with Crippen LogP contribution in [0.15, 0.2) is 200 Å². The Hall–Kier alpha value is -6.96. The summed E-state index contributed by atoms with van der Waals surface area (Å²) in [6.07, 6.45) is 0. The largest absolute Gasteiger partial charge is 0.457 e. The van der Waals surface area contributed by atoms with E-state index in [9.17, 15) is 0 Å². The second-order valence-electron chi connectivity index (χ2n) is 15.6. The second kappa shape index (κ2) is 11.5. The normalized spacial score (nSPS) is 16.3. The van der Waals surface area contributed by atoms with Crippen molar-refractivity contribution in [3.63, 3.8) is 0 Å². The Labute approximate surface area is 327 Å². The first-order valence-electron chi connectivity index (χ1n) is 19.6. The van der Waals surface area contributed by atoms with Gasteiger partial charge in [0.25, 0.3) is 0 Å². The van der Waals surface area contributed by atoms with E-state index in [1.165, 1.54) is 94.2 Å². The SMILES string of the molecule is Cc1cccc2c1C(c1ccccc1)(c1cccc(-c3ccc4c(c3)C3(c5ccccc5O4)c4ccccc4-c4ccccc43)c1)c1ccc3ccccc3c1-2. The lowest BCUT2D eigenvalue weighted by Crippen LogP contribution is -2.32. The average Bonchev–Trinajstić information content (AvgIpc) is 3.74. The zero-order chi connectivity index (χ0) is 37.0. The molecule has 1 atom stereocenters. The topological polar surface area (TPSA) is 9.23 Å². The molecule has 0 bridgehead atoms. The molecule has 9 aromatic carbocycles. The van der Waals surface area contributed by atoms with Gasteiger partial charge in [0.05, 0.1) is 10.8 Å². The first kappa shape index (κ1) is 31.4. The highest BCUT2D eigenvalue weighted by Gasteiger charge is 2.51. The van der Waals surface area contributed by atoms with Gasteiger partial charge >= 0.3 is 0 Å². The third-order valence-corrected chi connectivity index (χ3v) is 12.9. The molecule has 1 spiro atoms. The van der Waals surface area contributed by atoms with Gasteiger partial charge in [-0.2, -0.15) is 0 Å². The van der Waals surface area contributed by atoms with Crippen LogP contribution < -0.4 is 4.74 Å². The lowest BCUT2D eigenvalue weighted by molar-refractivity contribution is 0.436. The van der Waals surface area contributed by atoms with Gasteiger partial charge in [0.15, 0.2) is 0 Å². The van der Waals surface area contributed by atoms with Crippen LogP contribution in [0.2, 0.25) is 0 Å². The smallest absolute Gasteiger partial charge is 0.132 e. The number of benzene rings is 9. The molecule has 56 heavy (non-hydrogen) atoms. The summed E-state index contributed by atoms with van der Waals surface area (Å²) in [5.41, 5.74) is 18.0. The molecule has 1 heteroatoms. The molecule has 1 nitrogen and oxygen atoms in total. The minimum absolute atomic E-state index is 0.516. The molecule has 2 aliphatic carbocycles. The molecule has 0 saturated heterocycles. The van der Waals surface area contributed by atoms with Crippen LogP contribution in [0.5, 0.6) is 11.5 Å². The molecule has 0 amide bonds. The molecule has 1 unspecified atom stereocenters. The maximum atomic E-state index is 6.79. The lowest BCUT2D eigenvalue weighted by Gasteiger charge is -2.39. The van der Waals surface area contributed by atoms with Crippen LogP contribution in [-0.2, 0) is 10.8 Å². The third-order valence-electron chi connectivity index (χ3n) is 12.9. The highest BCUT2D eigenvalue weighted by Crippen LogP contribution is 2.63. The summed E-state index contributed by atoms with van der Waals surface area (Å²) < 4.78 is 6.79. The molecule has 262 valence electrons. The van der Waals surface area contributed by atoms with E-state index in [2.05, 4.69) is 207 Å². The van der Waals surface area contributed by atoms with Gasteiger partial charge in [0.1, 0.15) is 11.5 Å². The monoisotopic (exact) mass is 712 g/mol. The van der Waals surface area contributed by atoms with Crippen LogP contribution in [0.3, 0.4) is 0 Å². The highest BCUT2D eigenvalue weighted by molar-refractivity contribution is 6.04. The summed E-state index contributed by atoms with van der Waals surface area (Å²) in [7, 11) is 0. The van der Waals surface area contributed by atoms with Crippen molar-refractivity contribution in [2.75, 3.05) is 0 Å². The fraction of sp³-hybridized carbons (Fsp3) is 0.0545. The van der Waals surface area contributed by atoms with Crippen molar-refractivity contribution < 1.29 is 4.74 Å². The van der Waals surface area contributed by atoms with Crippen LogP contribution in [0.4, 0.5) is 0 Å². The average molecular weight is 713 g/mol. The molecular weight excluding hydrogens is 677 g/mol. The Kier molecular flexibility index (Phi) is 6.46. The Bertz CT molecular complexity index is 3030. The van der Waals surface area contributed by atoms with Crippen molar-refractivity contribution in [3.05, 3.63) is 250 Å². The summed E-state index contributed by atoms with van der Waals surface area (Å²) in [6.45, 7) is 2.28. The van der Waals surface area contributed by atoms with Gasteiger partial charge < -0.3 is 4.74 Å². The number of rotatable bonds is 3. The van der Waals surface area contributed by atoms with E-state index >= 15 is 0 Å². The predicted molar refractivity (Wildman–Crippen MR) is 229 cm³/mol. The lowest BCUT2D eigenvalue weighted by atomic mass is 9.65. The van der Waals surface area contributed by atoms with Crippen LogP contribution >= 0.6 is 0 Å². The number of para-hydroxylation sites is 1. The summed E-state index contributed by atoms with van der Waals surface area (Å²) in [6, 6.07) is 74.2. The zero-order valence-electron chi connectivity index (χ0n) is 31.0. The van der Waals surface area contributed by atoms with Gasteiger partial charge in [-0.25, -0.2) is 0 Å². The summed E-state index contributed by atoms with van der Waals surface area (Å²) in [4.78, 5) is 0. The van der Waals surface area contributed by atoms with Crippen molar-refractivity contribution in [3.8, 4) is 44.9 Å². The van der Waals surface area contributed by atoms with Crippen molar-refractivity contribution in [2.24, 2.45) is 0 Å². The van der Waals surface area contributed by atoms with Crippen molar-refractivity contribution in [1.29, 1.82) is 0 Å². The second-order valence-corrected chi connectivity index (χ2v) is 15.6. The molecule has 9 aromatic rings. The predicted octanol–water partition coefficient (Wildman–Crippen LogP) is 13.6. The zero-order valence-corrected chi connectivity index (χ0v) is 31.0. The fourth-order valence-electron chi connectivity index (χ4n) is 10.8. The highest BCUT2D eigenvalue weighted by atomic mass is 16.5. The quantitative estimate of drug-likeness (QED) is 0.177. The van der Waals surface area contributed by atoms with Gasteiger partial charge in [-0.3, -0.25) is 0 Å². The van der Waals surface area contributed by atoms with Crippen LogP contribution in [0, 0.1) is 6.92 Å². The molecule has 0 saturated carbocycles. The van der Waals surface area contributed by atoms with E-state index in [1.807, 2.05) is 0 Å². The third kappa shape index (κ3) is 3.94. The minimum atomic E-state index is -0.516. The summed E-state index contributed by atoms with van der Waals surface area (Å²) >= 11 is 0. The van der Waals surface area contributed by atoms with Crippen LogP contribution in [0.1, 0.15) is 50.1 Å². The molecule has 0 radical (unpaired) electrons. The van der Waals surface area contributed by atoms with Crippen LogP contribution in [-0.4, -0.2) is 0 Å². The Balaban J connectivity index is 1.13. The van der Waals surface area contributed by atoms with Gasteiger partial charge in [0, 0.05) is 11.1 Å². The van der Waals surface area contributed by atoms with Gasteiger partial charge in [-0.1, -0.05) is 176 Å². The maximum Gasteiger partial charge on any atom is 0.132 e. The molecule has 0 fully saturated rings. The van der Waals surface area contributed by atoms with Crippen molar-refractivity contribution in [2.45, 2.75) is 17.8 Å². The molecule has 0 N–H and O–H groups in total. The molecule has 1 heterocycles. The Morgan fingerprint density at radius 2 is 1.00 bits per heavy atom. The summed E-state index contributed by atoms with van der Waals surface area (Å²) in [5, 5.41) is 2.56. The number of hydrogen-bond donors (Lipinski definition) is 0. The van der Waals surface area contributed by atoms with Gasteiger partial charge in [-0.05, 0) is 114 Å². The standard InChI is InChI=1S/C55H36O/c1-35-15-13-24-44-52-41-21-6-5-16-36(41)29-31-48(52)54(53(35)44,39-18-3-2-4-19-39)40-20-14-17-37(33-40)38-30-32-51-49(34-38)55(47-27-11-12-28-50(47)56-51)45-25-9-7-22-42(45)43-23-8-10-26-46(43)55/h2-34H,1H3. The Morgan fingerprint density at radius 1 is 0.375 bits per heavy atom. The molecule has 1 aliphatic heterocycles. The first-order chi connectivity index (χ1) is 27.7. The molecule has 3 aliphatic rings. The number of aryl methyl sites for hydroxylation is 1. The van der Waals surface area contributed by atoms with E-state index in [0.29, 0.717) is 0 Å². The minimum Gasteiger partial charge on any atom is -0.457 e. The van der Waals surface area contributed by atoms with E-state index < -0.39 is 10.8 Å². The summed E-state index contributed by atoms with van der Waals surface area (Å²) in [5.74, 6) is 1.81. The van der Waals surface area contributed by atoms with Gasteiger partial charge in [0.2, 0.25) is 0 Å². The van der Waals surface area contributed by atoms with E-state index in [1.54, 1.807) is 0 Å². The number of fused-ring (bicyclic) bond motifs is 14. The molecule has 0 aromatic heterocycles. The Morgan fingerprint density at radius 3 is 1.82 bits per heavy atom. The van der Waals surface area contributed by atoms with E-state index in [-0.39, 0.29) is 0 Å². The molecule has 12 rings (SSSR count). The van der Waals surface area contributed by atoms with Crippen molar-refractivity contribution >= 4 is 10.8 Å². The van der Waals surface area contributed by atoms with Gasteiger partial charge in [-0.15, -0.1) is 0 Å². The molecular formula is C55H36O. The van der Waals surface area contributed by atoms with Crippen LogP contribution in [0.25, 0.3) is 44.2 Å². The first-order valence-corrected chi connectivity index (χ1v) is 19.6. The number of ether oxygens (including phenoxy) is 1. The van der Waals surface area contributed by atoms with E-state index in [4.69, 9.17) is 4.74 Å². The number of hydrogen-bond acceptors (Lipinski definition) is 1.